The lowest BCUT2D eigenvalue weighted by Gasteiger charge is -2.38. The summed E-state index contributed by atoms with van der Waals surface area (Å²) in [5.41, 5.74) is 0. The number of morpholine rings is 1. The zero-order valence-electron chi connectivity index (χ0n) is 16.7. The fourth-order valence-corrected chi connectivity index (χ4v) is 4.31. The van der Waals surface area contributed by atoms with Gasteiger partial charge in [0.15, 0.2) is 0 Å². The molecule has 2 N–H and O–H groups in total. The molecule has 0 bridgehead atoms. The molecule has 1 aliphatic carbocycles. The Hall–Kier alpha value is -0.950. The maximum Gasteiger partial charge on any atom is 0.303 e. The summed E-state index contributed by atoms with van der Waals surface area (Å²) in [6.45, 7) is 6.16. The topological polar surface area (TPSA) is 79.2 Å². The van der Waals surface area contributed by atoms with Crippen molar-refractivity contribution in [3.8, 4) is 0 Å². The first-order valence-electron chi connectivity index (χ1n) is 10.6. The molecule has 1 heterocycles. The highest BCUT2D eigenvalue weighted by molar-refractivity contribution is 5.66. The molecule has 0 unspecified atom stereocenters. The number of hydrogen-bond donors (Lipinski definition) is 2. The van der Waals surface area contributed by atoms with Gasteiger partial charge in [-0.2, -0.15) is 0 Å². The highest BCUT2D eigenvalue weighted by Gasteiger charge is 2.45. The number of nitrogens with zero attached hydrogens (tertiary/aromatic N) is 1. The number of carboxylic acids is 1. The molecule has 156 valence electrons. The molecule has 0 amide bonds. The van der Waals surface area contributed by atoms with Crippen molar-refractivity contribution < 1.29 is 24.5 Å². The van der Waals surface area contributed by atoms with E-state index in [9.17, 15) is 9.90 Å². The number of aliphatic carboxylic acids is 1. The standard InChI is InChI=1S/C21H37NO5/c1-2-3-8-13-27-19-16-18(23)21(22-11-14-26-15-12-22)17(19)9-6-4-5-7-10-20(24)25/h4-5,17-19,21,23H,2-3,6-16H2,1H3,(H,24,25)/t17-,18+,19-,21+/m0/s1. The van der Waals surface area contributed by atoms with Crippen LogP contribution in [0.4, 0.5) is 0 Å². The smallest absolute Gasteiger partial charge is 0.303 e. The summed E-state index contributed by atoms with van der Waals surface area (Å²) < 4.78 is 11.7. The van der Waals surface area contributed by atoms with E-state index in [0.717, 1.165) is 52.2 Å². The van der Waals surface area contributed by atoms with Crippen molar-refractivity contribution in [2.45, 2.75) is 76.5 Å². The molecule has 2 aliphatic rings. The summed E-state index contributed by atoms with van der Waals surface area (Å²) in [7, 11) is 0. The van der Waals surface area contributed by atoms with Crippen molar-refractivity contribution in [1.29, 1.82) is 0 Å². The summed E-state index contributed by atoms with van der Waals surface area (Å²) in [6.07, 6.45) is 10.6. The molecule has 0 aromatic heterocycles. The molecule has 6 heteroatoms. The van der Waals surface area contributed by atoms with Gasteiger partial charge < -0.3 is 19.7 Å². The first-order chi connectivity index (χ1) is 13.1. The van der Waals surface area contributed by atoms with Gasteiger partial charge in [0.1, 0.15) is 0 Å². The Morgan fingerprint density at radius 1 is 1.22 bits per heavy atom. The Morgan fingerprint density at radius 3 is 2.67 bits per heavy atom. The van der Waals surface area contributed by atoms with Gasteiger partial charge in [-0.3, -0.25) is 9.69 Å². The fraction of sp³-hybridized carbons (Fsp3) is 0.857. The Morgan fingerprint density at radius 2 is 1.96 bits per heavy atom. The third kappa shape index (κ3) is 7.53. The van der Waals surface area contributed by atoms with Crippen LogP contribution in [0.5, 0.6) is 0 Å². The molecular formula is C21H37NO5. The number of ether oxygens (including phenoxy) is 2. The number of allylic oxidation sites excluding steroid dienone is 2. The Bertz CT molecular complexity index is 450. The molecule has 1 saturated heterocycles. The summed E-state index contributed by atoms with van der Waals surface area (Å²) in [5, 5.41) is 19.5. The van der Waals surface area contributed by atoms with Gasteiger partial charge in [-0.15, -0.1) is 0 Å². The minimum absolute atomic E-state index is 0.108. The third-order valence-corrected chi connectivity index (χ3v) is 5.69. The van der Waals surface area contributed by atoms with Crippen molar-refractivity contribution in [3.63, 3.8) is 0 Å². The number of aliphatic hydroxyl groups excluding tert-OH is 1. The molecule has 1 aliphatic heterocycles. The molecule has 0 radical (unpaired) electrons. The average molecular weight is 384 g/mol. The van der Waals surface area contributed by atoms with E-state index in [1.807, 2.05) is 6.08 Å². The van der Waals surface area contributed by atoms with Crippen LogP contribution in [0.15, 0.2) is 12.2 Å². The van der Waals surface area contributed by atoms with Crippen molar-refractivity contribution in [2.75, 3.05) is 32.9 Å². The van der Waals surface area contributed by atoms with Crippen molar-refractivity contribution in [1.82, 2.24) is 4.90 Å². The van der Waals surface area contributed by atoms with Crippen LogP contribution in [0.2, 0.25) is 0 Å². The van der Waals surface area contributed by atoms with E-state index in [2.05, 4.69) is 17.9 Å². The fourth-order valence-electron chi connectivity index (χ4n) is 4.31. The Kier molecular flexibility index (Phi) is 10.3. The zero-order valence-corrected chi connectivity index (χ0v) is 16.7. The molecule has 27 heavy (non-hydrogen) atoms. The number of carbonyl (C=O) groups is 1. The van der Waals surface area contributed by atoms with Crippen LogP contribution >= 0.6 is 0 Å². The Balaban J connectivity index is 1.90. The summed E-state index contributed by atoms with van der Waals surface area (Å²) in [5.74, 6) is -0.449. The van der Waals surface area contributed by atoms with Gasteiger partial charge >= 0.3 is 5.97 Å². The van der Waals surface area contributed by atoms with E-state index in [-0.39, 0.29) is 24.7 Å². The van der Waals surface area contributed by atoms with Crippen LogP contribution in [-0.4, -0.2) is 72.2 Å². The summed E-state index contributed by atoms with van der Waals surface area (Å²) in [4.78, 5) is 13.0. The van der Waals surface area contributed by atoms with Crippen LogP contribution in [0, 0.1) is 5.92 Å². The first kappa shape index (κ1) is 22.3. The second-order valence-corrected chi connectivity index (χ2v) is 7.70. The van der Waals surface area contributed by atoms with Crippen molar-refractivity contribution in [2.24, 2.45) is 5.92 Å². The van der Waals surface area contributed by atoms with E-state index in [4.69, 9.17) is 14.6 Å². The molecule has 6 nitrogen and oxygen atoms in total. The summed E-state index contributed by atoms with van der Waals surface area (Å²) in [6, 6.07) is 0.137. The predicted octanol–water partition coefficient (Wildman–Crippen LogP) is 2.84. The largest absolute Gasteiger partial charge is 0.481 e. The Labute approximate surface area is 163 Å². The monoisotopic (exact) mass is 383 g/mol. The van der Waals surface area contributed by atoms with Gasteiger partial charge in [0.2, 0.25) is 0 Å². The van der Waals surface area contributed by atoms with E-state index in [1.165, 1.54) is 12.8 Å². The minimum Gasteiger partial charge on any atom is -0.481 e. The quantitative estimate of drug-likeness (QED) is 0.398. The first-order valence-corrected chi connectivity index (χ1v) is 10.6. The third-order valence-electron chi connectivity index (χ3n) is 5.69. The van der Waals surface area contributed by atoms with Crippen LogP contribution in [0.1, 0.15) is 58.3 Å². The number of unbranched alkanes of at least 4 members (excludes halogenated alkanes) is 2. The van der Waals surface area contributed by atoms with Gasteiger partial charge in [0.05, 0.1) is 25.4 Å². The van der Waals surface area contributed by atoms with Crippen LogP contribution < -0.4 is 0 Å². The van der Waals surface area contributed by atoms with Gasteiger partial charge in [0.25, 0.3) is 0 Å². The second-order valence-electron chi connectivity index (χ2n) is 7.70. The second kappa shape index (κ2) is 12.5. The van der Waals surface area contributed by atoms with Gasteiger partial charge in [-0.25, -0.2) is 0 Å². The maximum absolute atomic E-state index is 10.7. The van der Waals surface area contributed by atoms with E-state index >= 15 is 0 Å². The van der Waals surface area contributed by atoms with Crippen LogP contribution in [0.3, 0.4) is 0 Å². The number of carboxylic acid groups (broad SMARTS) is 1. The molecule has 1 saturated carbocycles. The van der Waals surface area contributed by atoms with Crippen molar-refractivity contribution >= 4 is 5.97 Å². The number of aliphatic hydroxyl groups is 1. The van der Waals surface area contributed by atoms with E-state index < -0.39 is 5.97 Å². The maximum atomic E-state index is 10.7. The van der Waals surface area contributed by atoms with Crippen LogP contribution in [-0.2, 0) is 14.3 Å². The minimum atomic E-state index is -0.758. The molecule has 2 fully saturated rings. The lowest BCUT2D eigenvalue weighted by Crippen LogP contribution is -2.50. The highest BCUT2D eigenvalue weighted by atomic mass is 16.5. The lowest BCUT2D eigenvalue weighted by molar-refractivity contribution is -0.136. The number of hydrogen-bond acceptors (Lipinski definition) is 5. The summed E-state index contributed by atoms with van der Waals surface area (Å²) >= 11 is 0. The molecule has 0 aromatic rings. The lowest BCUT2D eigenvalue weighted by atomic mass is 9.93. The number of rotatable bonds is 12. The predicted molar refractivity (Wildman–Crippen MR) is 105 cm³/mol. The van der Waals surface area contributed by atoms with E-state index in [0.29, 0.717) is 18.8 Å². The SMILES string of the molecule is CCCCCO[C@H]1C[C@@H](O)[C@H](N2CCOCC2)[C@H]1CCC=CCCC(=O)O. The molecule has 0 spiro atoms. The highest BCUT2D eigenvalue weighted by Crippen LogP contribution is 2.36. The van der Waals surface area contributed by atoms with Crippen LogP contribution in [0.25, 0.3) is 0 Å². The molecule has 0 aromatic carbocycles. The zero-order chi connectivity index (χ0) is 19.5. The molecular weight excluding hydrogens is 346 g/mol. The van der Waals surface area contributed by atoms with Crippen molar-refractivity contribution in [3.05, 3.63) is 12.2 Å². The van der Waals surface area contributed by atoms with Gasteiger partial charge in [-0.05, 0) is 25.7 Å². The van der Waals surface area contributed by atoms with Gasteiger partial charge in [0, 0.05) is 44.5 Å². The van der Waals surface area contributed by atoms with E-state index in [1.54, 1.807) is 0 Å². The molecule has 2 rings (SSSR count). The van der Waals surface area contributed by atoms with Gasteiger partial charge in [-0.1, -0.05) is 31.9 Å². The average Bonchev–Trinajstić information content (AvgIpc) is 2.97. The normalized spacial score (nSPS) is 29.6. The molecule has 4 atom stereocenters.